The molecule has 0 aliphatic carbocycles. The van der Waals surface area contributed by atoms with Gasteiger partial charge in [-0.3, -0.25) is 9.71 Å². The summed E-state index contributed by atoms with van der Waals surface area (Å²) in [5, 5.41) is 2.75. The third kappa shape index (κ3) is 3.22. The molecule has 2 rings (SSSR count). The minimum Gasteiger partial charge on any atom is -0.497 e. The maximum absolute atomic E-state index is 13.7. The molecule has 8 heteroatoms. The lowest BCUT2D eigenvalue weighted by Gasteiger charge is -2.12. The summed E-state index contributed by atoms with van der Waals surface area (Å²) in [4.78, 5) is 3.71. The highest BCUT2D eigenvalue weighted by Crippen LogP contribution is 2.26. The third-order valence-corrected chi connectivity index (χ3v) is 4.15. The van der Waals surface area contributed by atoms with Crippen molar-refractivity contribution in [1.29, 1.82) is 0 Å². The van der Waals surface area contributed by atoms with E-state index in [4.69, 9.17) is 4.74 Å². The van der Waals surface area contributed by atoms with Gasteiger partial charge in [0.15, 0.2) is 0 Å². The monoisotopic (exact) mass is 311 g/mol. The van der Waals surface area contributed by atoms with Crippen molar-refractivity contribution < 1.29 is 17.5 Å². The second kappa shape index (κ2) is 5.96. The lowest BCUT2D eigenvalue weighted by atomic mass is 10.3. The van der Waals surface area contributed by atoms with E-state index in [1.165, 1.54) is 37.7 Å². The molecule has 0 aliphatic heterocycles. The minimum atomic E-state index is -3.97. The molecule has 0 spiro atoms. The van der Waals surface area contributed by atoms with E-state index in [9.17, 15) is 12.8 Å². The highest BCUT2D eigenvalue weighted by atomic mass is 32.2. The zero-order valence-electron chi connectivity index (χ0n) is 11.4. The van der Waals surface area contributed by atoms with Crippen LogP contribution in [0.2, 0.25) is 0 Å². The summed E-state index contributed by atoms with van der Waals surface area (Å²) < 4.78 is 45.5. The van der Waals surface area contributed by atoms with Crippen LogP contribution in [0, 0.1) is 5.82 Å². The highest BCUT2D eigenvalue weighted by Gasteiger charge is 2.20. The van der Waals surface area contributed by atoms with Gasteiger partial charge in [-0.25, -0.2) is 12.8 Å². The number of benzene rings is 1. The second-order valence-corrected chi connectivity index (χ2v) is 5.72. The fourth-order valence-corrected chi connectivity index (χ4v) is 2.93. The molecular weight excluding hydrogens is 297 g/mol. The molecule has 0 radical (unpaired) electrons. The summed E-state index contributed by atoms with van der Waals surface area (Å²) in [5.41, 5.74) is 0.168. The number of pyridine rings is 1. The Labute approximate surface area is 122 Å². The van der Waals surface area contributed by atoms with Crippen molar-refractivity contribution in [2.75, 3.05) is 24.2 Å². The molecule has 112 valence electrons. The fourth-order valence-electron chi connectivity index (χ4n) is 1.71. The van der Waals surface area contributed by atoms with Gasteiger partial charge in [0.1, 0.15) is 16.5 Å². The molecule has 0 amide bonds. The van der Waals surface area contributed by atoms with Crippen LogP contribution in [0.4, 0.5) is 15.8 Å². The van der Waals surface area contributed by atoms with E-state index in [0.717, 1.165) is 6.07 Å². The average Bonchev–Trinajstić information content (AvgIpc) is 2.49. The van der Waals surface area contributed by atoms with Crippen molar-refractivity contribution in [3.05, 3.63) is 42.5 Å². The van der Waals surface area contributed by atoms with Gasteiger partial charge in [-0.05, 0) is 18.2 Å². The molecule has 0 saturated heterocycles. The summed E-state index contributed by atoms with van der Waals surface area (Å²) in [6, 6.07) is 5.30. The first kappa shape index (κ1) is 15.0. The summed E-state index contributed by atoms with van der Waals surface area (Å²) >= 11 is 0. The van der Waals surface area contributed by atoms with Gasteiger partial charge in [0.2, 0.25) is 0 Å². The van der Waals surface area contributed by atoms with Crippen LogP contribution in [-0.4, -0.2) is 27.6 Å². The van der Waals surface area contributed by atoms with E-state index in [2.05, 4.69) is 15.0 Å². The SMILES string of the molecule is CNc1ccncc1S(=O)(=O)Nc1cc(OC)ccc1F. The van der Waals surface area contributed by atoms with Crippen LogP contribution in [0.5, 0.6) is 5.75 Å². The molecule has 0 aliphatic rings. The molecule has 21 heavy (non-hydrogen) atoms. The Balaban J connectivity index is 2.42. The maximum atomic E-state index is 13.7. The van der Waals surface area contributed by atoms with Crippen LogP contribution in [0.3, 0.4) is 0 Å². The number of rotatable bonds is 5. The van der Waals surface area contributed by atoms with Gasteiger partial charge in [-0.1, -0.05) is 0 Å². The lowest BCUT2D eigenvalue weighted by molar-refractivity contribution is 0.414. The van der Waals surface area contributed by atoms with Gasteiger partial charge in [0, 0.05) is 25.5 Å². The Hall–Kier alpha value is -2.35. The Morgan fingerprint density at radius 3 is 2.67 bits per heavy atom. The van der Waals surface area contributed by atoms with Crippen molar-refractivity contribution in [3.8, 4) is 5.75 Å². The van der Waals surface area contributed by atoms with Gasteiger partial charge in [-0.2, -0.15) is 0 Å². The molecule has 0 saturated carbocycles. The summed E-state index contributed by atoms with van der Waals surface area (Å²) in [5.74, 6) is -0.358. The number of anilines is 2. The zero-order valence-corrected chi connectivity index (χ0v) is 12.2. The van der Waals surface area contributed by atoms with Crippen molar-refractivity contribution in [2.24, 2.45) is 0 Å². The fraction of sp³-hybridized carbons (Fsp3) is 0.154. The summed E-state index contributed by atoms with van der Waals surface area (Å²) in [7, 11) is -0.982. The molecule has 2 aromatic rings. The highest BCUT2D eigenvalue weighted by molar-refractivity contribution is 7.92. The standard InChI is InChI=1S/C13H14FN3O3S/c1-15-11-5-6-16-8-13(11)21(18,19)17-12-7-9(20-2)3-4-10(12)14/h3-8,17H,1-2H3,(H,15,16). The Bertz CT molecular complexity index is 750. The molecule has 0 atom stereocenters. The van der Waals surface area contributed by atoms with Crippen LogP contribution in [0.25, 0.3) is 0 Å². The van der Waals surface area contributed by atoms with Gasteiger partial charge in [0.05, 0.1) is 18.5 Å². The van der Waals surface area contributed by atoms with Crippen LogP contribution >= 0.6 is 0 Å². The predicted octanol–water partition coefficient (Wildman–Crippen LogP) is 2.07. The third-order valence-electron chi connectivity index (χ3n) is 2.76. The molecule has 0 unspecified atom stereocenters. The quantitative estimate of drug-likeness (QED) is 0.883. The first-order valence-corrected chi connectivity index (χ1v) is 7.44. The minimum absolute atomic E-state index is 0.0743. The number of methoxy groups -OCH3 is 1. The number of hydrogen-bond acceptors (Lipinski definition) is 5. The molecule has 1 aromatic heterocycles. The van der Waals surface area contributed by atoms with Gasteiger partial charge < -0.3 is 10.1 Å². The lowest BCUT2D eigenvalue weighted by Crippen LogP contribution is -2.16. The van der Waals surface area contributed by atoms with Crippen molar-refractivity contribution in [1.82, 2.24) is 4.98 Å². The van der Waals surface area contributed by atoms with E-state index in [0.29, 0.717) is 11.4 Å². The topological polar surface area (TPSA) is 80.3 Å². The first-order chi connectivity index (χ1) is 9.97. The number of nitrogens with one attached hydrogen (secondary N) is 2. The molecule has 6 nitrogen and oxygen atoms in total. The van der Waals surface area contributed by atoms with E-state index in [-0.39, 0.29) is 10.6 Å². The average molecular weight is 311 g/mol. The number of nitrogens with zero attached hydrogens (tertiary/aromatic N) is 1. The van der Waals surface area contributed by atoms with E-state index < -0.39 is 15.8 Å². The van der Waals surface area contributed by atoms with E-state index >= 15 is 0 Å². The molecule has 2 N–H and O–H groups in total. The van der Waals surface area contributed by atoms with Crippen LogP contribution < -0.4 is 14.8 Å². The van der Waals surface area contributed by atoms with Crippen LogP contribution in [0.15, 0.2) is 41.6 Å². The maximum Gasteiger partial charge on any atom is 0.265 e. The molecule has 1 aromatic carbocycles. The number of aromatic nitrogens is 1. The molecule has 0 fully saturated rings. The van der Waals surface area contributed by atoms with Crippen LogP contribution in [0.1, 0.15) is 0 Å². The summed E-state index contributed by atoms with van der Waals surface area (Å²) in [6.07, 6.45) is 2.64. The largest absolute Gasteiger partial charge is 0.497 e. The number of halogens is 1. The number of ether oxygens (including phenoxy) is 1. The molecule has 1 heterocycles. The Kier molecular flexibility index (Phi) is 4.27. The molecular formula is C13H14FN3O3S. The molecule has 0 bridgehead atoms. The second-order valence-electron chi connectivity index (χ2n) is 4.07. The first-order valence-electron chi connectivity index (χ1n) is 5.96. The van der Waals surface area contributed by atoms with Gasteiger partial charge >= 0.3 is 0 Å². The van der Waals surface area contributed by atoms with Gasteiger partial charge in [0.25, 0.3) is 10.0 Å². The Morgan fingerprint density at radius 2 is 2.00 bits per heavy atom. The zero-order chi connectivity index (χ0) is 15.5. The summed E-state index contributed by atoms with van der Waals surface area (Å²) in [6.45, 7) is 0. The van der Waals surface area contributed by atoms with E-state index in [1.54, 1.807) is 7.05 Å². The van der Waals surface area contributed by atoms with E-state index in [1.807, 2.05) is 0 Å². The number of sulfonamides is 1. The normalized spacial score (nSPS) is 11.0. The van der Waals surface area contributed by atoms with Gasteiger partial charge in [-0.15, -0.1) is 0 Å². The predicted molar refractivity (Wildman–Crippen MR) is 77.5 cm³/mol. The number of hydrogen-bond donors (Lipinski definition) is 2. The smallest absolute Gasteiger partial charge is 0.265 e. The van der Waals surface area contributed by atoms with Crippen molar-refractivity contribution in [3.63, 3.8) is 0 Å². The van der Waals surface area contributed by atoms with Crippen molar-refractivity contribution in [2.45, 2.75) is 4.90 Å². The van der Waals surface area contributed by atoms with Crippen LogP contribution in [-0.2, 0) is 10.0 Å². The van der Waals surface area contributed by atoms with Crippen molar-refractivity contribution >= 4 is 21.4 Å². The Morgan fingerprint density at radius 1 is 1.24 bits per heavy atom.